The fourth-order valence-corrected chi connectivity index (χ4v) is 6.20. The van der Waals surface area contributed by atoms with Crippen LogP contribution in [0.4, 0.5) is 0 Å². The van der Waals surface area contributed by atoms with Crippen molar-refractivity contribution in [1.82, 2.24) is 20.1 Å². The third kappa shape index (κ3) is 7.72. The van der Waals surface area contributed by atoms with Crippen LogP contribution in [0.15, 0.2) is 84.3 Å². The van der Waals surface area contributed by atoms with Crippen LogP contribution < -0.4 is 5.32 Å². The van der Waals surface area contributed by atoms with Crippen LogP contribution in [0.25, 0.3) is 11.1 Å². The summed E-state index contributed by atoms with van der Waals surface area (Å²) in [4.78, 5) is 22.9. The summed E-state index contributed by atoms with van der Waals surface area (Å²) in [5.74, 6) is -0.584. The number of nitrogens with one attached hydrogen (secondary N) is 1. The van der Waals surface area contributed by atoms with Gasteiger partial charge in [-0.2, -0.15) is 0 Å². The van der Waals surface area contributed by atoms with Crippen LogP contribution in [0.2, 0.25) is 0 Å². The van der Waals surface area contributed by atoms with Gasteiger partial charge in [-0.3, -0.25) is 9.59 Å². The zero-order valence-electron chi connectivity index (χ0n) is 24.6. The van der Waals surface area contributed by atoms with E-state index in [9.17, 15) is 14.7 Å². The molecule has 1 aliphatic heterocycles. The van der Waals surface area contributed by atoms with E-state index in [1.54, 1.807) is 18.1 Å². The van der Waals surface area contributed by atoms with Crippen LogP contribution in [-0.2, 0) is 39.3 Å². The highest BCUT2D eigenvalue weighted by Gasteiger charge is 2.38. The number of carboxylic acids is 1. The maximum absolute atomic E-state index is 12.1. The summed E-state index contributed by atoms with van der Waals surface area (Å²) in [5, 5.41) is 30.2. The first-order valence-electron chi connectivity index (χ1n) is 14.5. The SMILES string of the molecule is CC1C(CSc2nncn2C)OC(c2ccc(-c3ccccc3CNC(=O)CCC(=O)O)cc2)OC1c1ccc(CO)cc1. The molecule has 4 unspecified atom stereocenters. The highest BCUT2D eigenvalue weighted by atomic mass is 32.2. The molecular weight excluding hydrogens is 580 g/mol. The van der Waals surface area contributed by atoms with Gasteiger partial charge in [-0.15, -0.1) is 10.2 Å². The number of thioether (sulfide) groups is 1. The Labute approximate surface area is 260 Å². The molecule has 0 saturated carbocycles. The molecule has 1 amide bonds. The molecule has 4 aromatic rings. The second-order valence-electron chi connectivity index (χ2n) is 10.8. The zero-order valence-corrected chi connectivity index (χ0v) is 25.4. The van der Waals surface area contributed by atoms with E-state index >= 15 is 0 Å². The van der Waals surface area contributed by atoms with E-state index in [2.05, 4.69) is 22.4 Å². The summed E-state index contributed by atoms with van der Waals surface area (Å²) >= 11 is 1.59. The summed E-state index contributed by atoms with van der Waals surface area (Å²) in [6.07, 6.45) is 0.458. The van der Waals surface area contributed by atoms with Crippen LogP contribution >= 0.6 is 11.8 Å². The molecule has 0 radical (unpaired) electrons. The number of aliphatic hydroxyl groups excluding tert-OH is 1. The number of aryl methyl sites for hydroxylation is 1. The molecule has 1 aliphatic rings. The lowest BCUT2D eigenvalue weighted by Crippen LogP contribution is -2.38. The number of carboxylic acid groups (broad SMARTS) is 1. The third-order valence-electron chi connectivity index (χ3n) is 7.72. The number of aliphatic carboxylic acids is 1. The first kappa shape index (κ1) is 31.4. The molecule has 0 bridgehead atoms. The summed E-state index contributed by atoms with van der Waals surface area (Å²) in [6.45, 7) is 2.41. The quantitative estimate of drug-likeness (QED) is 0.187. The van der Waals surface area contributed by atoms with E-state index in [0.717, 1.165) is 38.5 Å². The Morgan fingerprint density at radius 3 is 2.39 bits per heavy atom. The molecule has 1 aromatic heterocycles. The van der Waals surface area contributed by atoms with Gasteiger partial charge in [-0.25, -0.2) is 0 Å². The number of aliphatic hydroxyl groups is 1. The van der Waals surface area contributed by atoms with Gasteiger partial charge in [0.1, 0.15) is 6.33 Å². The van der Waals surface area contributed by atoms with Crippen molar-refractivity contribution < 1.29 is 29.3 Å². The predicted octanol–water partition coefficient (Wildman–Crippen LogP) is 5.04. The number of hydrogen-bond acceptors (Lipinski definition) is 8. The van der Waals surface area contributed by atoms with Crippen LogP contribution in [0, 0.1) is 5.92 Å². The number of ether oxygens (including phenoxy) is 2. The molecule has 4 atom stereocenters. The monoisotopic (exact) mass is 616 g/mol. The summed E-state index contributed by atoms with van der Waals surface area (Å²) in [6, 6.07) is 23.7. The number of nitrogens with zero attached hydrogens (tertiary/aromatic N) is 3. The molecule has 11 heteroatoms. The van der Waals surface area contributed by atoms with Crippen molar-refractivity contribution in [3.05, 3.63) is 101 Å². The summed E-state index contributed by atoms with van der Waals surface area (Å²) in [5.41, 5.74) is 5.61. The minimum absolute atomic E-state index is 0.0172. The minimum atomic E-state index is -0.998. The Balaban J connectivity index is 1.34. The van der Waals surface area contributed by atoms with Gasteiger partial charge in [-0.05, 0) is 27.8 Å². The van der Waals surface area contributed by atoms with Crippen molar-refractivity contribution >= 4 is 23.6 Å². The largest absolute Gasteiger partial charge is 0.481 e. The molecular formula is C33H36N4O6S. The molecule has 44 heavy (non-hydrogen) atoms. The lowest BCUT2D eigenvalue weighted by molar-refractivity contribution is -0.268. The van der Waals surface area contributed by atoms with E-state index in [0.29, 0.717) is 12.3 Å². The molecule has 5 rings (SSSR count). The molecule has 1 saturated heterocycles. The second-order valence-corrected chi connectivity index (χ2v) is 11.8. The van der Waals surface area contributed by atoms with Gasteiger partial charge in [0, 0.05) is 37.2 Å². The first-order valence-corrected chi connectivity index (χ1v) is 15.4. The van der Waals surface area contributed by atoms with E-state index in [1.807, 2.05) is 84.4 Å². The number of benzene rings is 3. The molecule has 3 N–H and O–H groups in total. The van der Waals surface area contributed by atoms with Crippen molar-refractivity contribution in [1.29, 1.82) is 0 Å². The van der Waals surface area contributed by atoms with Gasteiger partial charge in [0.05, 0.1) is 25.2 Å². The minimum Gasteiger partial charge on any atom is -0.481 e. The maximum atomic E-state index is 12.1. The number of aromatic nitrogens is 3. The smallest absolute Gasteiger partial charge is 0.303 e. The Morgan fingerprint density at radius 2 is 1.70 bits per heavy atom. The van der Waals surface area contributed by atoms with E-state index < -0.39 is 12.3 Å². The lowest BCUT2D eigenvalue weighted by atomic mass is 9.91. The van der Waals surface area contributed by atoms with Crippen LogP contribution in [0.5, 0.6) is 0 Å². The molecule has 1 fully saturated rings. The van der Waals surface area contributed by atoms with Gasteiger partial charge < -0.3 is 29.6 Å². The fourth-order valence-electron chi connectivity index (χ4n) is 5.15. The Hall–Kier alpha value is -4.03. The predicted molar refractivity (Wildman–Crippen MR) is 165 cm³/mol. The Morgan fingerprint density at radius 1 is 0.977 bits per heavy atom. The Kier molecular flexibility index (Phi) is 10.4. The number of carbonyl (C=O) groups excluding carboxylic acids is 1. The summed E-state index contributed by atoms with van der Waals surface area (Å²) < 4.78 is 15.0. The zero-order chi connectivity index (χ0) is 31.1. The average Bonchev–Trinajstić information content (AvgIpc) is 3.46. The standard InChI is InChI=1S/C33H36N4O6S/c1-21-28(19-44-33-36-35-20-37(33)2)42-32(43-31(21)24-9-7-22(18-38)8-10-24)25-13-11-23(12-14-25)27-6-4-3-5-26(27)17-34-29(39)15-16-30(40)41/h3-14,20-21,28,31-32,38H,15-19H2,1-2H3,(H,34,39)(H,40,41). The summed E-state index contributed by atoms with van der Waals surface area (Å²) in [7, 11) is 1.91. The molecule has 230 valence electrons. The first-order chi connectivity index (χ1) is 21.3. The highest BCUT2D eigenvalue weighted by molar-refractivity contribution is 7.99. The molecule has 2 heterocycles. The van der Waals surface area contributed by atoms with Crippen molar-refractivity contribution in [2.75, 3.05) is 5.75 Å². The van der Waals surface area contributed by atoms with Crippen molar-refractivity contribution in [3.8, 4) is 11.1 Å². The average molecular weight is 617 g/mol. The van der Waals surface area contributed by atoms with Crippen molar-refractivity contribution in [2.45, 2.75) is 56.6 Å². The van der Waals surface area contributed by atoms with Gasteiger partial charge in [0.25, 0.3) is 0 Å². The number of carbonyl (C=O) groups is 2. The maximum Gasteiger partial charge on any atom is 0.303 e. The van der Waals surface area contributed by atoms with Crippen molar-refractivity contribution in [2.24, 2.45) is 13.0 Å². The molecule has 0 aliphatic carbocycles. The number of hydrogen-bond donors (Lipinski definition) is 3. The van der Waals surface area contributed by atoms with E-state index in [-0.39, 0.29) is 43.5 Å². The third-order valence-corrected chi connectivity index (χ3v) is 8.85. The van der Waals surface area contributed by atoms with Crippen molar-refractivity contribution in [3.63, 3.8) is 0 Å². The van der Waals surface area contributed by atoms with Gasteiger partial charge in [-0.1, -0.05) is 91.5 Å². The van der Waals surface area contributed by atoms with E-state index in [4.69, 9.17) is 14.6 Å². The van der Waals surface area contributed by atoms with E-state index in [1.165, 1.54) is 0 Å². The topological polar surface area (TPSA) is 136 Å². The highest BCUT2D eigenvalue weighted by Crippen LogP contribution is 2.43. The number of rotatable bonds is 12. The van der Waals surface area contributed by atoms with Gasteiger partial charge in [0.2, 0.25) is 5.91 Å². The second kappa shape index (κ2) is 14.6. The van der Waals surface area contributed by atoms with Crippen LogP contribution in [-0.4, -0.2) is 48.7 Å². The lowest BCUT2D eigenvalue weighted by Gasteiger charge is -2.41. The number of amides is 1. The fraction of sp³-hybridized carbons (Fsp3) is 0.333. The molecule has 10 nitrogen and oxygen atoms in total. The van der Waals surface area contributed by atoms with Gasteiger partial charge in [0.15, 0.2) is 11.4 Å². The molecule has 3 aromatic carbocycles. The Bertz CT molecular complexity index is 1560. The van der Waals surface area contributed by atoms with Crippen LogP contribution in [0.1, 0.15) is 54.4 Å². The normalized spacial score (nSPS) is 19.9. The van der Waals surface area contributed by atoms with Gasteiger partial charge >= 0.3 is 5.97 Å². The molecule has 0 spiro atoms. The van der Waals surface area contributed by atoms with Crippen LogP contribution in [0.3, 0.4) is 0 Å².